The van der Waals surface area contributed by atoms with Gasteiger partial charge in [0, 0.05) is 20.8 Å². The second kappa shape index (κ2) is 8.65. The van der Waals surface area contributed by atoms with E-state index in [-0.39, 0.29) is 41.0 Å². The fraction of sp³-hybridized carbons (Fsp3) is 0. The molecule has 0 N–H and O–H groups in total. The Morgan fingerprint density at radius 2 is 0.667 bits per heavy atom. The molecule has 0 atom stereocenters. The van der Waals surface area contributed by atoms with E-state index in [0.29, 0.717) is 0 Å². The molecule has 0 aliphatic carbocycles. The molecule has 0 aromatic heterocycles. The van der Waals surface area contributed by atoms with E-state index in [0.717, 1.165) is 0 Å². The summed E-state index contributed by atoms with van der Waals surface area (Å²) in [7, 11) is -10.3. The zero-order chi connectivity index (χ0) is 9.00. The molecule has 0 unspecified atom stereocenters. The zero-order valence-electron chi connectivity index (χ0n) is 4.96. The molecule has 8 nitrogen and oxygen atoms in total. The minimum absolute atomic E-state index is 0. The van der Waals surface area contributed by atoms with Crippen LogP contribution in [0.3, 0.4) is 0 Å². The average Bonchev–Trinajstić information content (AvgIpc) is 1.12. The fourth-order valence-corrected chi connectivity index (χ4v) is 0. The topological polar surface area (TPSA) is 161 Å². The molecular formula is MnO8S2Sn. The first-order valence-electron chi connectivity index (χ1n) is 1.33. The van der Waals surface area contributed by atoms with Crippen molar-refractivity contribution in [3.63, 3.8) is 0 Å². The third kappa shape index (κ3) is 999. The van der Waals surface area contributed by atoms with E-state index in [4.69, 9.17) is 35.0 Å². The summed E-state index contributed by atoms with van der Waals surface area (Å²) in [5.74, 6) is 0. The summed E-state index contributed by atoms with van der Waals surface area (Å²) in [5, 5.41) is 0. The first kappa shape index (κ1) is 23.1. The Labute approximate surface area is 96.3 Å². The van der Waals surface area contributed by atoms with E-state index in [2.05, 4.69) is 0 Å². The molecule has 0 aliphatic heterocycles. The van der Waals surface area contributed by atoms with Crippen molar-refractivity contribution in [1.82, 2.24) is 0 Å². The monoisotopic (exact) mass is 367 g/mol. The van der Waals surface area contributed by atoms with Crippen LogP contribution in [0.4, 0.5) is 0 Å². The maximum atomic E-state index is 8.52. The normalized spacial score (nSPS) is 9.67. The van der Waals surface area contributed by atoms with Gasteiger partial charge in [0.2, 0.25) is 0 Å². The predicted octanol–water partition coefficient (Wildman–Crippen LogP) is -3.06. The van der Waals surface area contributed by atoms with Crippen molar-refractivity contribution >= 4 is 44.7 Å². The molecule has 3 radical (unpaired) electrons. The Balaban J connectivity index is -0.0000000457. The molecule has 0 spiro atoms. The molecule has 0 aromatic rings. The van der Waals surface area contributed by atoms with Crippen LogP contribution in [0, 0.1) is 0 Å². The van der Waals surface area contributed by atoms with Gasteiger partial charge in [-0.3, -0.25) is 16.8 Å². The summed E-state index contributed by atoms with van der Waals surface area (Å²) >= 11 is 0. The van der Waals surface area contributed by atoms with Crippen molar-refractivity contribution in [2.24, 2.45) is 0 Å². The van der Waals surface area contributed by atoms with Gasteiger partial charge in [-0.2, -0.15) is 0 Å². The summed E-state index contributed by atoms with van der Waals surface area (Å²) in [6.45, 7) is 0. The first-order valence-corrected chi connectivity index (χ1v) is 4.00. The van der Waals surface area contributed by atoms with Crippen LogP contribution in [0.1, 0.15) is 0 Å². The van der Waals surface area contributed by atoms with Crippen molar-refractivity contribution in [3.05, 3.63) is 0 Å². The third-order valence-electron chi connectivity index (χ3n) is 0. The van der Waals surface area contributed by atoms with Crippen LogP contribution >= 0.6 is 0 Å². The summed E-state index contributed by atoms with van der Waals surface area (Å²) < 4.78 is 68.2. The van der Waals surface area contributed by atoms with E-state index in [9.17, 15) is 0 Å². The molecule has 71 valence electrons. The molecule has 0 fully saturated rings. The van der Waals surface area contributed by atoms with E-state index in [1.807, 2.05) is 0 Å². The second-order valence-corrected chi connectivity index (χ2v) is 2.45. The Bertz CT molecular complexity index is 213. The molecule has 0 heterocycles. The van der Waals surface area contributed by atoms with Gasteiger partial charge in [0.05, 0.1) is 0 Å². The number of rotatable bonds is 0. The van der Waals surface area contributed by atoms with Gasteiger partial charge in [-0.25, -0.2) is 0 Å². The van der Waals surface area contributed by atoms with Crippen molar-refractivity contribution in [2.75, 3.05) is 0 Å². The summed E-state index contributed by atoms with van der Waals surface area (Å²) in [5.41, 5.74) is 0. The standard InChI is InChI=1S/Mn.2H2O4S.Sn/c;2*1-5(2,3)4;/h;2*(H2,1,2,3,4);/q+2;;;+2/p-4. The summed E-state index contributed by atoms with van der Waals surface area (Å²) in [6.07, 6.45) is 0. The summed E-state index contributed by atoms with van der Waals surface area (Å²) in [6, 6.07) is 0. The van der Waals surface area contributed by atoms with E-state index in [1.54, 1.807) is 0 Å². The minimum atomic E-state index is -5.17. The van der Waals surface area contributed by atoms with Crippen molar-refractivity contribution in [3.8, 4) is 0 Å². The molecule has 0 rings (SSSR count). The molecule has 0 bridgehead atoms. The van der Waals surface area contributed by atoms with Gasteiger partial charge in [0.25, 0.3) is 0 Å². The van der Waals surface area contributed by atoms with Gasteiger partial charge in [-0.1, -0.05) is 0 Å². The van der Waals surface area contributed by atoms with Crippen LogP contribution in [0.15, 0.2) is 0 Å². The zero-order valence-corrected chi connectivity index (χ0v) is 10.6. The Morgan fingerprint density at radius 1 is 0.667 bits per heavy atom. The van der Waals surface area contributed by atoms with Crippen LogP contribution in [0.25, 0.3) is 0 Å². The maximum Gasteiger partial charge on any atom is 2.00 e. The van der Waals surface area contributed by atoms with Gasteiger partial charge in [0.1, 0.15) is 0 Å². The van der Waals surface area contributed by atoms with Crippen LogP contribution in [0.2, 0.25) is 0 Å². The van der Waals surface area contributed by atoms with Crippen LogP contribution in [0.5, 0.6) is 0 Å². The van der Waals surface area contributed by atoms with Crippen LogP contribution in [-0.2, 0) is 37.9 Å². The molecule has 0 saturated heterocycles. The van der Waals surface area contributed by atoms with Gasteiger partial charge < -0.3 is 18.2 Å². The Hall–Kier alpha value is 1.06. The molecule has 0 aromatic carbocycles. The van der Waals surface area contributed by atoms with Gasteiger partial charge in [0.15, 0.2) is 0 Å². The molecular weight excluding hydrogens is 366 g/mol. The van der Waals surface area contributed by atoms with Crippen molar-refractivity contribution in [2.45, 2.75) is 0 Å². The third-order valence-corrected chi connectivity index (χ3v) is 0. The number of hydrogen-bond acceptors (Lipinski definition) is 8. The Morgan fingerprint density at radius 3 is 0.667 bits per heavy atom. The maximum absolute atomic E-state index is 8.52. The molecule has 12 heteroatoms. The van der Waals surface area contributed by atoms with Gasteiger partial charge >= 0.3 is 41.0 Å². The summed E-state index contributed by atoms with van der Waals surface area (Å²) in [4.78, 5) is 0. The smallest absolute Gasteiger partial charge is 0.759 e. The van der Waals surface area contributed by atoms with E-state index < -0.39 is 20.8 Å². The minimum Gasteiger partial charge on any atom is -0.759 e. The SMILES string of the molecule is O=S(=O)([O-])[O-].O=S(=O)([O-])[O-].[Mn+2].[Sn+2]. The number of hydrogen-bond donors (Lipinski definition) is 0. The Kier molecular flexibility index (Phi) is 16.7. The van der Waals surface area contributed by atoms with E-state index >= 15 is 0 Å². The predicted molar refractivity (Wildman–Crippen MR) is 26.7 cm³/mol. The first-order chi connectivity index (χ1) is 4.00. The van der Waals surface area contributed by atoms with Gasteiger partial charge in [-0.15, -0.1) is 0 Å². The van der Waals surface area contributed by atoms with E-state index in [1.165, 1.54) is 0 Å². The van der Waals surface area contributed by atoms with Gasteiger partial charge in [-0.05, 0) is 0 Å². The molecule has 0 aliphatic rings. The quantitative estimate of drug-likeness (QED) is 0.248. The molecule has 12 heavy (non-hydrogen) atoms. The van der Waals surface area contributed by atoms with Crippen LogP contribution in [-0.4, -0.2) is 59.0 Å². The van der Waals surface area contributed by atoms with Crippen molar-refractivity contribution in [1.29, 1.82) is 0 Å². The molecule has 0 saturated carbocycles. The largest absolute Gasteiger partial charge is 2.00 e. The average molecular weight is 366 g/mol. The fourth-order valence-electron chi connectivity index (χ4n) is 0. The van der Waals surface area contributed by atoms with Crippen LogP contribution < -0.4 is 0 Å². The van der Waals surface area contributed by atoms with Crippen molar-refractivity contribution < 1.29 is 52.1 Å². The molecule has 0 amide bonds. The second-order valence-electron chi connectivity index (χ2n) is 0.816.